The van der Waals surface area contributed by atoms with Crippen molar-refractivity contribution in [2.24, 2.45) is 0 Å². The van der Waals surface area contributed by atoms with Crippen LogP contribution in [0.25, 0.3) is 0 Å². The fourth-order valence-corrected chi connectivity index (χ4v) is 2.61. The van der Waals surface area contributed by atoms with Gasteiger partial charge in [-0.3, -0.25) is 4.79 Å². The van der Waals surface area contributed by atoms with E-state index in [4.69, 9.17) is 14.2 Å². The number of carbonyl (C=O) groups excluding carboxylic acids is 1. The molecule has 4 nitrogen and oxygen atoms in total. The highest BCUT2D eigenvalue weighted by atomic mass is 16.5. The average Bonchev–Trinajstić information content (AvgIpc) is 2.52. The van der Waals surface area contributed by atoms with E-state index in [2.05, 4.69) is 0 Å². The third-order valence-electron chi connectivity index (χ3n) is 3.77. The Morgan fingerprint density at radius 3 is 2.70 bits per heavy atom. The Bertz CT molecular complexity index is 444. The van der Waals surface area contributed by atoms with Gasteiger partial charge in [0.15, 0.2) is 5.78 Å². The Morgan fingerprint density at radius 2 is 1.95 bits per heavy atom. The molecule has 20 heavy (non-hydrogen) atoms. The number of Topliss-reactive ketones (excluding diaryl/α,β-unsaturated/α-hetero) is 1. The minimum absolute atomic E-state index is 0.0398. The van der Waals surface area contributed by atoms with Crippen molar-refractivity contribution in [2.75, 3.05) is 20.8 Å². The quantitative estimate of drug-likeness (QED) is 0.751. The summed E-state index contributed by atoms with van der Waals surface area (Å²) >= 11 is 0. The predicted octanol–water partition coefficient (Wildman–Crippen LogP) is 2.85. The van der Waals surface area contributed by atoms with E-state index in [1.807, 2.05) is 12.1 Å². The molecule has 0 saturated heterocycles. The minimum atomic E-state index is -0.0398. The first-order valence-electron chi connectivity index (χ1n) is 7.05. The van der Waals surface area contributed by atoms with Gasteiger partial charge in [0.2, 0.25) is 0 Å². The summed E-state index contributed by atoms with van der Waals surface area (Å²) in [6, 6.07) is 7.23. The molecule has 1 aliphatic rings. The molecule has 1 aromatic carbocycles. The summed E-state index contributed by atoms with van der Waals surface area (Å²) in [5.41, 5.74) is 0.578. The van der Waals surface area contributed by atoms with Crippen molar-refractivity contribution >= 4 is 5.78 Å². The van der Waals surface area contributed by atoms with Crippen molar-refractivity contribution in [1.29, 1.82) is 0 Å². The molecule has 1 aliphatic carbocycles. The van der Waals surface area contributed by atoms with Gasteiger partial charge in [0.25, 0.3) is 0 Å². The number of hydrogen-bond donors (Lipinski definition) is 0. The first-order chi connectivity index (χ1) is 9.74. The maximum Gasteiger partial charge on any atom is 0.192 e. The lowest BCUT2D eigenvalue weighted by Crippen LogP contribution is -2.29. The van der Waals surface area contributed by atoms with Crippen molar-refractivity contribution in [3.8, 4) is 5.75 Å². The van der Waals surface area contributed by atoms with Crippen molar-refractivity contribution in [3.63, 3.8) is 0 Å². The zero-order valence-corrected chi connectivity index (χ0v) is 12.1. The molecule has 0 aromatic heterocycles. The molecule has 2 rings (SSSR count). The summed E-state index contributed by atoms with van der Waals surface area (Å²) in [6.45, 7) is 0.0987. The van der Waals surface area contributed by atoms with E-state index in [-0.39, 0.29) is 24.6 Å². The van der Waals surface area contributed by atoms with Crippen molar-refractivity contribution in [2.45, 2.75) is 37.9 Å². The largest absolute Gasteiger partial charge is 0.496 e. The number of ketones is 1. The van der Waals surface area contributed by atoms with Crippen LogP contribution in [0.5, 0.6) is 5.75 Å². The van der Waals surface area contributed by atoms with Gasteiger partial charge in [-0.25, -0.2) is 0 Å². The van der Waals surface area contributed by atoms with Gasteiger partial charge in [-0.05, 0) is 37.8 Å². The van der Waals surface area contributed by atoms with Crippen LogP contribution in [-0.4, -0.2) is 38.8 Å². The van der Waals surface area contributed by atoms with E-state index in [9.17, 15) is 4.79 Å². The summed E-state index contributed by atoms with van der Waals surface area (Å²) < 4.78 is 16.3. The summed E-state index contributed by atoms with van der Waals surface area (Å²) in [4.78, 5) is 12.2. The first kappa shape index (κ1) is 15.0. The number of ether oxygens (including phenoxy) is 3. The van der Waals surface area contributed by atoms with Gasteiger partial charge < -0.3 is 14.2 Å². The fourth-order valence-electron chi connectivity index (χ4n) is 2.61. The molecule has 0 aliphatic heterocycles. The zero-order valence-electron chi connectivity index (χ0n) is 12.1. The van der Waals surface area contributed by atoms with E-state index in [1.54, 1.807) is 26.4 Å². The van der Waals surface area contributed by atoms with Crippen LogP contribution < -0.4 is 4.74 Å². The molecule has 4 heteroatoms. The molecule has 0 N–H and O–H groups in total. The number of methoxy groups -OCH3 is 2. The molecule has 1 fully saturated rings. The Labute approximate surface area is 120 Å². The van der Waals surface area contributed by atoms with Crippen molar-refractivity contribution in [1.82, 2.24) is 0 Å². The maximum atomic E-state index is 12.2. The van der Waals surface area contributed by atoms with Gasteiger partial charge in [-0.1, -0.05) is 12.1 Å². The van der Waals surface area contributed by atoms with E-state index >= 15 is 0 Å². The SMILES string of the molecule is COc1ccccc1C(=O)COC1CCCC(OC)C1. The second-order valence-electron chi connectivity index (χ2n) is 5.08. The smallest absolute Gasteiger partial charge is 0.192 e. The second-order valence-corrected chi connectivity index (χ2v) is 5.08. The first-order valence-corrected chi connectivity index (χ1v) is 7.05. The molecule has 110 valence electrons. The molecular formula is C16H22O4. The summed E-state index contributed by atoms with van der Waals surface area (Å²) in [7, 11) is 3.30. The average molecular weight is 278 g/mol. The Kier molecular flexibility index (Phi) is 5.56. The highest BCUT2D eigenvalue weighted by Crippen LogP contribution is 2.24. The molecule has 0 radical (unpaired) electrons. The van der Waals surface area contributed by atoms with Crippen molar-refractivity contribution in [3.05, 3.63) is 29.8 Å². The van der Waals surface area contributed by atoms with Crippen LogP contribution in [0, 0.1) is 0 Å². The Morgan fingerprint density at radius 1 is 1.20 bits per heavy atom. The molecule has 2 unspecified atom stereocenters. The van der Waals surface area contributed by atoms with Gasteiger partial charge in [0.1, 0.15) is 12.4 Å². The van der Waals surface area contributed by atoms with E-state index in [0.717, 1.165) is 25.7 Å². The molecule has 1 saturated carbocycles. The zero-order chi connectivity index (χ0) is 14.4. The van der Waals surface area contributed by atoms with Gasteiger partial charge in [0.05, 0.1) is 24.9 Å². The van der Waals surface area contributed by atoms with Crippen LogP contribution in [0.4, 0.5) is 0 Å². The van der Waals surface area contributed by atoms with Crippen LogP contribution in [-0.2, 0) is 9.47 Å². The van der Waals surface area contributed by atoms with Gasteiger partial charge in [-0.2, -0.15) is 0 Å². The molecule has 0 spiro atoms. The Hall–Kier alpha value is -1.39. The number of rotatable bonds is 6. The number of para-hydroxylation sites is 1. The van der Waals surface area contributed by atoms with Crippen LogP contribution in [0.2, 0.25) is 0 Å². The standard InChI is InChI=1S/C16H22O4/c1-18-12-6-5-7-13(10-12)20-11-15(17)14-8-3-4-9-16(14)19-2/h3-4,8-9,12-13H,5-7,10-11H2,1-2H3. The van der Waals surface area contributed by atoms with Crippen LogP contribution >= 0.6 is 0 Å². The van der Waals surface area contributed by atoms with E-state index in [0.29, 0.717) is 11.3 Å². The van der Waals surface area contributed by atoms with E-state index < -0.39 is 0 Å². The molecule has 2 atom stereocenters. The summed E-state index contributed by atoms with van der Waals surface area (Å²) in [5, 5.41) is 0. The van der Waals surface area contributed by atoms with Crippen LogP contribution in [0.3, 0.4) is 0 Å². The monoisotopic (exact) mass is 278 g/mol. The molecule has 0 amide bonds. The lowest BCUT2D eigenvalue weighted by atomic mass is 9.95. The fraction of sp³-hybridized carbons (Fsp3) is 0.562. The van der Waals surface area contributed by atoms with Crippen molar-refractivity contribution < 1.29 is 19.0 Å². The molecule has 1 aromatic rings. The molecular weight excluding hydrogens is 256 g/mol. The molecule has 0 bridgehead atoms. The third-order valence-corrected chi connectivity index (χ3v) is 3.77. The van der Waals surface area contributed by atoms with Crippen LogP contribution in [0.15, 0.2) is 24.3 Å². The lowest BCUT2D eigenvalue weighted by molar-refractivity contribution is -0.0243. The van der Waals surface area contributed by atoms with Crippen LogP contribution in [0.1, 0.15) is 36.0 Å². The van der Waals surface area contributed by atoms with E-state index in [1.165, 1.54) is 0 Å². The number of carbonyl (C=O) groups is 1. The normalized spacial score (nSPS) is 22.5. The van der Waals surface area contributed by atoms with Gasteiger partial charge in [0, 0.05) is 7.11 Å². The number of benzene rings is 1. The number of hydrogen-bond acceptors (Lipinski definition) is 4. The summed E-state index contributed by atoms with van der Waals surface area (Å²) in [6.07, 6.45) is 4.42. The van der Waals surface area contributed by atoms with Gasteiger partial charge >= 0.3 is 0 Å². The second kappa shape index (κ2) is 7.41. The highest BCUT2D eigenvalue weighted by Gasteiger charge is 2.23. The summed E-state index contributed by atoms with van der Waals surface area (Å²) in [5.74, 6) is 0.557. The predicted molar refractivity (Wildman–Crippen MR) is 76.3 cm³/mol. The highest BCUT2D eigenvalue weighted by molar-refractivity contribution is 5.99. The third kappa shape index (κ3) is 3.81. The van der Waals surface area contributed by atoms with Gasteiger partial charge in [-0.15, -0.1) is 0 Å². The maximum absolute atomic E-state index is 12.2. The lowest BCUT2D eigenvalue weighted by Gasteiger charge is -2.28. The molecule has 0 heterocycles. The Balaban J connectivity index is 1.88. The minimum Gasteiger partial charge on any atom is -0.496 e. The topological polar surface area (TPSA) is 44.8 Å².